The van der Waals surface area contributed by atoms with Crippen molar-refractivity contribution in [3.05, 3.63) is 65.7 Å². The quantitative estimate of drug-likeness (QED) is 0.783. The monoisotopic (exact) mass is 278 g/mol. The van der Waals surface area contributed by atoms with Crippen LogP contribution in [0.15, 0.2) is 54.6 Å². The van der Waals surface area contributed by atoms with Crippen LogP contribution in [0.3, 0.4) is 0 Å². The molecule has 0 aromatic heterocycles. The standard InChI is InChI=1S/C15H12F2O3/c16-15(17)20-13-8-4-7-12(9-13)14(18)19-10-11-5-2-1-3-6-11/h1-9,15H,10H2. The molecule has 0 saturated heterocycles. The lowest BCUT2D eigenvalue weighted by molar-refractivity contribution is -0.0499. The first-order chi connectivity index (χ1) is 9.65. The fraction of sp³-hybridized carbons (Fsp3) is 0.133. The molecule has 0 radical (unpaired) electrons. The molecule has 0 atom stereocenters. The molecule has 0 aliphatic heterocycles. The number of carbonyl (C=O) groups excluding carboxylic acids is 1. The van der Waals surface area contributed by atoms with Gasteiger partial charge in [0.25, 0.3) is 0 Å². The van der Waals surface area contributed by atoms with Crippen molar-refractivity contribution >= 4 is 5.97 Å². The summed E-state index contributed by atoms with van der Waals surface area (Å²) in [6.45, 7) is -2.80. The number of hydrogen-bond donors (Lipinski definition) is 0. The Hall–Kier alpha value is -2.43. The van der Waals surface area contributed by atoms with Crippen molar-refractivity contribution in [2.75, 3.05) is 0 Å². The number of halogens is 2. The van der Waals surface area contributed by atoms with E-state index in [9.17, 15) is 13.6 Å². The summed E-state index contributed by atoms with van der Waals surface area (Å²) >= 11 is 0. The molecule has 0 fully saturated rings. The van der Waals surface area contributed by atoms with Crippen molar-refractivity contribution in [3.8, 4) is 5.75 Å². The molecule has 0 aliphatic carbocycles. The Bertz CT molecular complexity index is 570. The van der Waals surface area contributed by atoms with Crippen LogP contribution in [0.4, 0.5) is 8.78 Å². The summed E-state index contributed by atoms with van der Waals surface area (Å²) in [6.07, 6.45) is 0. The van der Waals surface area contributed by atoms with Crippen LogP contribution in [0, 0.1) is 0 Å². The molecule has 2 rings (SSSR count). The van der Waals surface area contributed by atoms with Gasteiger partial charge in [0.2, 0.25) is 0 Å². The van der Waals surface area contributed by atoms with E-state index >= 15 is 0 Å². The second kappa shape index (κ2) is 6.65. The van der Waals surface area contributed by atoms with Gasteiger partial charge in [0.05, 0.1) is 5.56 Å². The Balaban J connectivity index is 1.98. The van der Waals surface area contributed by atoms with Crippen molar-refractivity contribution < 1.29 is 23.0 Å². The largest absolute Gasteiger partial charge is 0.457 e. The van der Waals surface area contributed by atoms with Crippen molar-refractivity contribution in [1.82, 2.24) is 0 Å². The molecule has 0 saturated carbocycles. The Morgan fingerprint density at radius 1 is 1.05 bits per heavy atom. The highest BCUT2D eigenvalue weighted by molar-refractivity contribution is 5.89. The molecule has 0 aliphatic rings. The minimum Gasteiger partial charge on any atom is -0.457 e. The maximum atomic E-state index is 12.1. The lowest BCUT2D eigenvalue weighted by atomic mass is 10.2. The average molecular weight is 278 g/mol. The Kier molecular flexibility index (Phi) is 4.65. The van der Waals surface area contributed by atoms with E-state index in [-0.39, 0.29) is 17.9 Å². The van der Waals surface area contributed by atoms with Gasteiger partial charge < -0.3 is 9.47 Å². The summed E-state index contributed by atoms with van der Waals surface area (Å²) < 4.78 is 33.5. The molecule has 3 nitrogen and oxygen atoms in total. The molecular weight excluding hydrogens is 266 g/mol. The number of benzene rings is 2. The number of hydrogen-bond acceptors (Lipinski definition) is 3. The van der Waals surface area contributed by atoms with Crippen LogP contribution in [-0.2, 0) is 11.3 Å². The smallest absolute Gasteiger partial charge is 0.387 e. The summed E-state index contributed by atoms with van der Waals surface area (Å²) in [5.41, 5.74) is 1.01. The molecule has 0 N–H and O–H groups in total. The topological polar surface area (TPSA) is 35.5 Å². The number of rotatable bonds is 5. The Labute approximate surface area is 114 Å². The third-order valence-corrected chi connectivity index (χ3v) is 2.51. The number of alkyl halides is 2. The van der Waals surface area contributed by atoms with Crippen LogP contribution in [0.1, 0.15) is 15.9 Å². The highest BCUT2D eigenvalue weighted by Crippen LogP contribution is 2.17. The van der Waals surface area contributed by atoms with Gasteiger partial charge in [0, 0.05) is 0 Å². The van der Waals surface area contributed by atoms with Crippen LogP contribution in [-0.4, -0.2) is 12.6 Å². The maximum absolute atomic E-state index is 12.1. The molecular formula is C15H12F2O3. The van der Waals surface area contributed by atoms with Gasteiger partial charge in [0.15, 0.2) is 0 Å². The van der Waals surface area contributed by atoms with Crippen molar-refractivity contribution in [2.24, 2.45) is 0 Å². The molecule has 0 heterocycles. The van der Waals surface area contributed by atoms with Gasteiger partial charge in [-0.15, -0.1) is 0 Å². The first kappa shape index (κ1) is 14.0. The third-order valence-electron chi connectivity index (χ3n) is 2.51. The fourth-order valence-corrected chi connectivity index (χ4v) is 1.61. The van der Waals surface area contributed by atoms with E-state index in [1.54, 1.807) is 0 Å². The summed E-state index contributed by atoms with van der Waals surface area (Å²) in [5.74, 6) is -0.664. The van der Waals surface area contributed by atoms with E-state index in [1.807, 2.05) is 30.3 Å². The fourth-order valence-electron chi connectivity index (χ4n) is 1.61. The molecule has 0 amide bonds. The molecule has 2 aromatic rings. The van der Waals surface area contributed by atoms with E-state index in [0.29, 0.717) is 0 Å². The number of ether oxygens (including phenoxy) is 2. The van der Waals surface area contributed by atoms with Gasteiger partial charge in [-0.1, -0.05) is 36.4 Å². The minimum absolute atomic E-state index is 0.0749. The van der Waals surface area contributed by atoms with Crippen LogP contribution in [0.25, 0.3) is 0 Å². The zero-order valence-corrected chi connectivity index (χ0v) is 10.5. The molecule has 0 bridgehead atoms. The molecule has 20 heavy (non-hydrogen) atoms. The molecule has 5 heteroatoms. The van der Waals surface area contributed by atoms with E-state index in [2.05, 4.69) is 4.74 Å². The maximum Gasteiger partial charge on any atom is 0.387 e. The van der Waals surface area contributed by atoms with Crippen LogP contribution >= 0.6 is 0 Å². The van der Waals surface area contributed by atoms with Gasteiger partial charge in [0.1, 0.15) is 12.4 Å². The normalized spacial score (nSPS) is 10.3. The van der Waals surface area contributed by atoms with E-state index in [1.165, 1.54) is 24.3 Å². The summed E-state index contributed by atoms with van der Waals surface area (Å²) in [4.78, 5) is 11.8. The highest BCUT2D eigenvalue weighted by atomic mass is 19.3. The lowest BCUT2D eigenvalue weighted by Gasteiger charge is -2.07. The van der Waals surface area contributed by atoms with Gasteiger partial charge in [-0.3, -0.25) is 0 Å². The average Bonchev–Trinajstić information content (AvgIpc) is 2.45. The summed E-state index contributed by atoms with van der Waals surface area (Å²) in [6, 6.07) is 14.7. The van der Waals surface area contributed by atoms with Gasteiger partial charge in [-0.25, -0.2) is 4.79 Å². The van der Waals surface area contributed by atoms with Crippen molar-refractivity contribution in [2.45, 2.75) is 13.2 Å². The summed E-state index contributed by atoms with van der Waals surface area (Å²) in [5, 5.41) is 0. The molecule has 104 valence electrons. The Morgan fingerprint density at radius 2 is 1.80 bits per heavy atom. The van der Waals surface area contributed by atoms with Crippen LogP contribution < -0.4 is 4.74 Å². The zero-order valence-electron chi connectivity index (χ0n) is 10.5. The first-order valence-electron chi connectivity index (χ1n) is 5.91. The van der Waals surface area contributed by atoms with E-state index in [4.69, 9.17) is 4.74 Å². The van der Waals surface area contributed by atoms with Gasteiger partial charge >= 0.3 is 12.6 Å². The molecule has 0 unspecified atom stereocenters. The van der Waals surface area contributed by atoms with E-state index in [0.717, 1.165) is 5.56 Å². The minimum atomic E-state index is -2.93. The van der Waals surface area contributed by atoms with Crippen LogP contribution in [0.5, 0.6) is 5.75 Å². The Morgan fingerprint density at radius 3 is 2.50 bits per heavy atom. The number of carbonyl (C=O) groups is 1. The van der Waals surface area contributed by atoms with Crippen molar-refractivity contribution in [1.29, 1.82) is 0 Å². The molecule has 0 spiro atoms. The lowest BCUT2D eigenvalue weighted by Crippen LogP contribution is -2.07. The van der Waals surface area contributed by atoms with Crippen LogP contribution in [0.2, 0.25) is 0 Å². The molecule has 2 aromatic carbocycles. The second-order valence-electron chi connectivity index (χ2n) is 3.97. The SMILES string of the molecule is O=C(OCc1ccccc1)c1cccc(OC(F)F)c1. The van der Waals surface area contributed by atoms with Gasteiger partial charge in [-0.05, 0) is 23.8 Å². The third kappa shape index (κ3) is 4.05. The summed E-state index contributed by atoms with van der Waals surface area (Å²) in [7, 11) is 0. The zero-order chi connectivity index (χ0) is 14.4. The second-order valence-corrected chi connectivity index (χ2v) is 3.97. The highest BCUT2D eigenvalue weighted by Gasteiger charge is 2.10. The van der Waals surface area contributed by atoms with Gasteiger partial charge in [-0.2, -0.15) is 8.78 Å². The predicted molar refractivity (Wildman–Crippen MR) is 68.6 cm³/mol. The van der Waals surface area contributed by atoms with E-state index < -0.39 is 12.6 Å². The number of esters is 1. The predicted octanol–water partition coefficient (Wildman–Crippen LogP) is 3.65. The first-order valence-corrected chi connectivity index (χ1v) is 5.91. The van der Waals surface area contributed by atoms with Crippen molar-refractivity contribution in [3.63, 3.8) is 0 Å².